The molecule has 2 heterocycles. The van der Waals surface area contributed by atoms with Crippen molar-refractivity contribution >= 4 is 22.5 Å². The summed E-state index contributed by atoms with van der Waals surface area (Å²) >= 11 is 0. The molecule has 0 fully saturated rings. The summed E-state index contributed by atoms with van der Waals surface area (Å²) in [5, 5.41) is 9.32. The number of hydrogen-bond acceptors (Lipinski definition) is 2. The zero-order valence-electron chi connectivity index (χ0n) is 15.9. The van der Waals surface area contributed by atoms with Gasteiger partial charge in [-0.2, -0.15) is 0 Å². The van der Waals surface area contributed by atoms with Crippen molar-refractivity contribution < 1.29 is 9.90 Å². The van der Waals surface area contributed by atoms with Crippen LogP contribution in [0.3, 0.4) is 0 Å². The monoisotopic (exact) mass is 358 g/mol. The Hall–Kier alpha value is -3.14. The second-order valence-electron chi connectivity index (χ2n) is 8.07. The van der Waals surface area contributed by atoms with Gasteiger partial charge in [-0.05, 0) is 47.7 Å². The van der Waals surface area contributed by atoms with Crippen molar-refractivity contribution in [2.75, 3.05) is 0 Å². The van der Waals surface area contributed by atoms with Gasteiger partial charge in [-0.15, -0.1) is 0 Å². The molecule has 1 N–H and O–H groups in total. The van der Waals surface area contributed by atoms with Crippen LogP contribution >= 0.6 is 0 Å². The van der Waals surface area contributed by atoms with Crippen molar-refractivity contribution in [2.24, 2.45) is 0 Å². The zero-order chi connectivity index (χ0) is 19.3. The highest BCUT2D eigenvalue weighted by atomic mass is 16.4. The summed E-state index contributed by atoms with van der Waals surface area (Å²) in [7, 11) is 0. The molecule has 0 atom stereocenters. The van der Waals surface area contributed by atoms with Crippen LogP contribution in [0.1, 0.15) is 42.3 Å². The molecule has 0 bridgehead atoms. The summed E-state index contributed by atoms with van der Waals surface area (Å²) < 4.78 is 2.09. The molecule has 4 heteroatoms. The van der Waals surface area contributed by atoms with Gasteiger partial charge in [0.2, 0.25) is 0 Å². The Morgan fingerprint density at radius 1 is 1.00 bits per heavy atom. The number of nitrogens with zero attached hydrogens (tertiary/aromatic N) is 2. The highest BCUT2D eigenvalue weighted by Crippen LogP contribution is 2.31. The maximum Gasteiger partial charge on any atom is 0.335 e. The molecule has 136 valence electrons. The van der Waals surface area contributed by atoms with E-state index in [9.17, 15) is 9.90 Å². The first-order chi connectivity index (χ1) is 12.7. The van der Waals surface area contributed by atoms with Gasteiger partial charge in [-0.25, -0.2) is 9.78 Å². The van der Waals surface area contributed by atoms with Crippen molar-refractivity contribution in [3.8, 4) is 11.3 Å². The summed E-state index contributed by atoms with van der Waals surface area (Å²) in [6.45, 7) is 8.63. The number of fused-ring (bicyclic) bond motifs is 3. The van der Waals surface area contributed by atoms with Crippen LogP contribution in [0.4, 0.5) is 0 Å². The van der Waals surface area contributed by atoms with Crippen LogP contribution < -0.4 is 0 Å². The van der Waals surface area contributed by atoms with Crippen molar-refractivity contribution in [3.63, 3.8) is 0 Å². The third kappa shape index (κ3) is 2.97. The molecule has 0 aliphatic heterocycles. The lowest BCUT2D eigenvalue weighted by Crippen LogP contribution is -2.10. The maximum atomic E-state index is 11.4. The molecule has 0 amide bonds. The van der Waals surface area contributed by atoms with E-state index in [1.807, 2.05) is 6.07 Å². The fourth-order valence-corrected chi connectivity index (χ4v) is 3.45. The topological polar surface area (TPSA) is 54.6 Å². The molecule has 4 rings (SSSR count). The van der Waals surface area contributed by atoms with E-state index in [0.717, 1.165) is 27.9 Å². The quantitative estimate of drug-likeness (QED) is 0.518. The van der Waals surface area contributed by atoms with Gasteiger partial charge in [0.25, 0.3) is 0 Å². The molecule has 0 radical (unpaired) electrons. The predicted octanol–water partition coefficient (Wildman–Crippen LogP) is 5.46. The van der Waals surface area contributed by atoms with E-state index < -0.39 is 5.97 Å². The summed E-state index contributed by atoms with van der Waals surface area (Å²) in [5.74, 6) is -0.946. The van der Waals surface area contributed by atoms with Crippen molar-refractivity contribution in [2.45, 2.75) is 33.1 Å². The largest absolute Gasteiger partial charge is 0.478 e. The molecule has 0 spiro atoms. The van der Waals surface area contributed by atoms with Crippen molar-refractivity contribution in [3.05, 3.63) is 71.4 Å². The average molecular weight is 358 g/mol. The highest BCUT2D eigenvalue weighted by Gasteiger charge is 2.16. The van der Waals surface area contributed by atoms with Gasteiger partial charge in [0.05, 0.1) is 27.8 Å². The van der Waals surface area contributed by atoms with E-state index in [0.29, 0.717) is 5.52 Å². The number of hydrogen-bond donors (Lipinski definition) is 1. The normalized spacial score (nSPS) is 12.0. The first-order valence-electron chi connectivity index (χ1n) is 9.01. The molecule has 2 aromatic carbocycles. The van der Waals surface area contributed by atoms with Gasteiger partial charge in [-0.1, -0.05) is 45.0 Å². The van der Waals surface area contributed by atoms with Gasteiger partial charge < -0.3 is 9.51 Å². The van der Waals surface area contributed by atoms with Crippen LogP contribution in [0.2, 0.25) is 0 Å². The molecular formula is C23H22N2O2. The highest BCUT2D eigenvalue weighted by molar-refractivity contribution is 5.94. The molecule has 2 aromatic heterocycles. The Labute approximate surface area is 158 Å². The fourth-order valence-electron chi connectivity index (χ4n) is 3.45. The van der Waals surface area contributed by atoms with E-state index in [-0.39, 0.29) is 11.0 Å². The molecule has 0 saturated carbocycles. The van der Waals surface area contributed by atoms with Gasteiger partial charge >= 0.3 is 5.97 Å². The Kier molecular flexibility index (Phi) is 3.81. The predicted molar refractivity (Wildman–Crippen MR) is 109 cm³/mol. The number of carboxylic acids is 1. The van der Waals surface area contributed by atoms with Crippen LogP contribution in [0.25, 0.3) is 27.8 Å². The Bertz CT molecular complexity index is 1180. The van der Waals surface area contributed by atoms with Gasteiger partial charge in [0, 0.05) is 11.8 Å². The van der Waals surface area contributed by atoms with Crippen LogP contribution in [-0.2, 0) is 5.41 Å². The Morgan fingerprint density at radius 2 is 1.70 bits per heavy atom. The number of carbonyl (C=O) groups is 1. The smallest absolute Gasteiger partial charge is 0.335 e. The van der Waals surface area contributed by atoms with Crippen LogP contribution in [-0.4, -0.2) is 20.5 Å². The van der Waals surface area contributed by atoms with E-state index in [1.165, 1.54) is 5.56 Å². The van der Waals surface area contributed by atoms with E-state index in [4.69, 9.17) is 4.98 Å². The Morgan fingerprint density at radius 3 is 2.33 bits per heavy atom. The first-order valence-corrected chi connectivity index (χ1v) is 9.01. The van der Waals surface area contributed by atoms with Crippen LogP contribution in [0.15, 0.2) is 54.7 Å². The van der Waals surface area contributed by atoms with Gasteiger partial charge in [0.15, 0.2) is 0 Å². The SMILES string of the molecule is Cc1cc2c(-c3ccc(C(C)(C)C)cc3)nc3cc(C(=O)O)ccc3n2c1. The fraction of sp³-hybridized carbons (Fsp3) is 0.217. The van der Waals surface area contributed by atoms with Crippen LogP contribution in [0, 0.1) is 6.92 Å². The van der Waals surface area contributed by atoms with E-state index >= 15 is 0 Å². The average Bonchev–Trinajstić information content (AvgIpc) is 3.01. The minimum absolute atomic E-state index is 0.0900. The molecule has 4 nitrogen and oxygen atoms in total. The summed E-state index contributed by atoms with van der Waals surface area (Å²) in [6.07, 6.45) is 2.06. The van der Waals surface area contributed by atoms with Crippen molar-refractivity contribution in [1.82, 2.24) is 9.38 Å². The minimum Gasteiger partial charge on any atom is -0.478 e. The number of aryl methyl sites for hydroxylation is 1. The molecular weight excluding hydrogens is 336 g/mol. The van der Waals surface area contributed by atoms with Gasteiger partial charge in [0.1, 0.15) is 0 Å². The number of carboxylic acid groups (broad SMARTS) is 1. The molecule has 0 aliphatic rings. The van der Waals surface area contributed by atoms with E-state index in [2.05, 4.69) is 68.6 Å². The number of aromatic nitrogens is 2. The van der Waals surface area contributed by atoms with Gasteiger partial charge in [-0.3, -0.25) is 0 Å². The van der Waals surface area contributed by atoms with Crippen LogP contribution in [0.5, 0.6) is 0 Å². The maximum absolute atomic E-state index is 11.4. The van der Waals surface area contributed by atoms with E-state index in [1.54, 1.807) is 12.1 Å². The number of rotatable bonds is 2. The lowest BCUT2D eigenvalue weighted by atomic mass is 9.86. The second-order valence-corrected chi connectivity index (χ2v) is 8.07. The standard InChI is InChI=1S/C23H22N2O2/c1-14-11-20-21(15-5-8-17(9-6-15)23(2,3)4)24-18-12-16(22(26)27)7-10-19(18)25(20)13-14/h5-13H,1-4H3,(H,26,27). The third-order valence-electron chi connectivity index (χ3n) is 4.94. The molecule has 27 heavy (non-hydrogen) atoms. The number of benzene rings is 2. The lowest BCUT2D eigenvalue weighted by molar-refractivity contribution is 0.0697. The molecule has 0 aliphatic carbocycles. The third-order valence-corrected chi connectivity index (χ3v) is 4.94. The molecule has 4 aromatic rings. The summed E-state index contributed by atoms with van der Waals surface area (Å²) in [4.78, 5) is 16.2. The second kappa shape index (κ2) is 5.95. The summed E-state index contributed by atoms with van der Waals surface area (Å²) in [6, 6.07) is 15.7. The zero-order valence-corrected chi connectivity index (χ0v) is 15.9. The van der Waals surface area contributed by atoms with Crippen molar-refractivity contribution in [1.29, 1.82) is 0 Å². The first kappa shape index (κ1) is 17.3. The summed E-state index contributed by atoms with van der Waals surface area (Å²) in [5.41, 5.74) is 7.21. The lowest BCUT2D eigenvalue weighted by Gasteiger charge is -2.19. The molecule has 0 unspecified atom stereocenters. The Balaban J connectivity index is 1.99. The minimum atomic E-state index is -0.946. The molecule has 0 saturated heterocycles. The number of aromatic carboxylic acids is 1.